The normalized spacial score (nSPS) is 21.3. The number of nitrogens with two attached hydrogens (primary N) is 1. The SMILES string of the molecule is Cc1c(C(C2CC2)C2CC2)nn(C)c1N. The second-order valence-electron chi connectivity index (χ2n) is 5.22. The maximum atomic E-state index is 5.98. The van der Waals surface area contributed by atoms with E-state index in [4.69, 9.17) is 5.73 Å². The van der Waals surface area contributed by atoms with E-state index in [9.17, 15) is 0 Å². The Balaban J connectivity index is 1.97. The maximum Gasteiger partial charge on any atom is 0.124 e. The predicted molar refractivity (Wildman–Crippen MR) is 60.5 cm³/mol. The second-order valence-corrected chi connectivity index (χ2v) is 5.22. The molecule has 2 aliphatic carbocycles. The van der Waals surface area contributed by atoms with Crippen molar-refractivity contribution in [3.63, 3.8) is 0 Å². The van der Waals surface area contributed by atoms with Gasteiger partial charge in [-0.05, 0) is 44.4 Å². The molecule has 0 aromatic carbocycles. The molecular formula is C12H19N3. The molecule has 0 bridgehead atoms. The Labute approximate surface area is 90.7 Å². The van der Waals surface area contributed by atoms with Crippen LogP contribution in [0.3, 0.4) is 0 Å². The smallest absolute Gasteiger partial charge is 0.124 e. The highest BCUT2D eigenvalue weighted by atomic mass is 15.3. The summed E-state index contributed by atoms with van der Waals surface area (Å²) in [6.07, 6.45) is 5.60. The first-order chi connectivity index (χ1) is 7.18. The summed E-state index contributed by atoms with van der Waals surface area (Å²) in [6.45, 7) is 2.12. The Bertz CT molecular complexity index is 374. The van der Waals surface area contributed by atoms with Gasteiger partial charge in [0.05, 0.1) is 5.69 Å². The van der Waals surface area contributed by atoms with Crippen LogP contribution in [0.1, 0.15) is 42.9 Å². The summed E-state index contributed by atoms with van der Waals surface area (Å²) in [5.41, 5.74) is 8.50. The first-order valence-corrected chi connectivity index (χ1v) is 5.97. The second kappa shape index (κ2) is 3.00. The molecule has 1 heterocycles. The van der Waals surface area contributed by atoms with E-state index in [-0.39, 0.29) is 0 Å². The first kappa shape index (κ1) is 9.25. The number of nitrogen functional groups attached to an aromatic ring is 1. The minimum atomic E-state index is 0.716. The number of aromatic nitrogens is 2. The molecule has 3 nitrogen and oxygen atoms in total. The zero-order chi connectivity index (χ0) is 10.6. The molecule has 2 aliphatic rings. The third-order valence-electron chi connectivity index (χ3n) is 3.95. The molecule has 0 amide bonds. The van der Waals surface area contributed by atoms with Crippen molar-refractivity contribution >= 4 is 5.82 Å². The Kier molecular flexibility index (Phi) is 1.85. The minimum Gasteiger partial charge on any atom is -0.384 e. The van der Waals surface area contributed by atoms with Crippen molar-refractivity contribution in [1.29, 1.82) is 0 Å². The first-order valence-electron chi connectivity index (χ1n) is 5.97. The Morgan fingerprint density at radius 2 is 1.80 bits per heavy atom. The van der Waals surface area contributed by atoms with Gasteiger partial charge in [0.15, 0.2) is 0 Å². The highest BCUT2D eigenvalue weighted by Crippen LogP contribution is 2.54. The number of aryl methyl sites for hydroxylation is 1. The van der Waals surface area contributed by atoms with E-state index in [0.29, 0.717) is 5.92 Å². The van der Waals surface area contributed by atoms with Crippen LogP contribution in [0.4, 0.5) is 5.82 Å². The van der Waals surface area contributed by atoms with Gasteiger partial charge < -0.3 is 5.73 Å². The van der Waals surface area contributed by atoms with E-state index in [1.54, 1.807) is 0 Å². The fraction of sp³-hybridized carbons (Fsp3) is 0.750. The molecule has 3 rings (SSSR count). The summed E-state index contributed by atoms with van der Waals surface area (Å²) in [5, 5.41) is 4.62. The van der Waals surface area contributed by atoms with Gasteiger partial charge in [-0.3, -0.25) is 4.68 Å². The molecule has 0 unspecified atom stereocenters. The zero-order valence-electron chi connectivity index (χ0n) is 9.53. The van der Waals surface area contributed by atoms with E-state index in [1.807, 2.05) is 11.7 Å². The molecule has 0 atom stereocenters. The van der Waals surface area contributed by atoms with E-state index in [2.05, 4.69) is 12.0 Å². The maximum absolute atomic E-state index is 5.98. The van der Waals surface area contributed by atoms with Gasteiger partial charge in [-0.2, -0.15) is 5.10 Å². The fourth-order valence-electron chi connectivity index (χ4n) is 2.72. The summed E-state index contributed by atoms with van der Waals surface area (Å²) < 4.78 is 1.84. The number of hydrogen-bond acceptors (Lipinski definition) is 2. The van der Waals surface area contributed by atoms with Crippen LogP contribution in [0.15, 0.2) is 0 Å². The molecule has 0 saturated heterocycles. The largest absolute Gasteiger partial charge is 0.384 e. The molecular weight excluding hydrogens is 186 g/mol. The van der Waals surface area contributed by atoms with Crippen molar-refractivity contribution < 1.29 is 0 Å². The zero-order valence-corrected chi connectivity index (χ0v) is 9.53. The lowest BCUT2D eigenvalue weighted by molar-refractivity contribution is 0.514. The van der Waals surface area contributed by atoms with Gasteiger partial charge in [0, 0.05) is 18.5 Å². The Hall–Kier alpha value is -0.990. The molecule has 1 aromatic heterocycles. The predicted octanol–water partition coefficient (Wildman–Crippen LogP) is 2.21. The molecule has 0 spiro atoms. The van der Waals surface area contributed by atoms with E-state index in [1.165, 1.54) is 36.9 Å². The summed E-state index contributed by atoms with van der Waals surface area (Å²) in [7, 11) is 1.95. The van der Waals surface area contributed by atoms with Crippen molar-refractivity contribution in [1.82, 2.24) is 9.78 Å². The number of rotatable bonds is 3. The lowest BCUT2D eigenvalue weighted by Crippen LogP contribution is -2.06. The summed E-state index contributed by atoms with van der Waals surface area (Å²) in [4.78, 5) is 0. The lowest BCUT2D eigenvalue weighted by atomic mass is 9.92. The average molecular weight is 205 g/mol. The molecule has 0 radical (unpaired) electrons. The number of hydrogen-bond donors (Lipinski definition) is 1. The number of nitrogens with zero attached hydrogens (tertiary/aromatic N) is 2. The van der Waals surface area contributed by atoms with Crippen LogP contribution < -0.4 is 5.73 Å². The summed E-state index contributed by atoms with van der Waals surface area (Å²) in [6, 6.07) is 0. The van der Waals surface area contributed by atoms with Crippen LogP contribution in [0.2, 0.25) is 0 Å². The van der Waals surface area contributed by atoms with Crippen LogP contribution >= 0.6 is 0 Å². The highest BCUT2D eigenvalue weighted by molar-refractivity contribution is 5.44. The average Bonchev–Trinajstić information content (AvgIpc) is 3.06. The molecule has 2 fully saturated rings. The lowest BCUT2D eigenvalue weighted by Gasteiger charge is -2.13. The third kappa shape index (κ3) is 1.45. The van der Waals surface area contributed by atoms with Crippen molar-refractivity contribution in [3.8, 4) is 0 Å². The standard InChI is InChI=1S/C12H19N3/c1-7-11(14-15(2)12(7)13)10(8-3-4-8)9-5-6-9/h8-10H,3-6,13H2,1-2H3. The molecule has 82 valence electrons. The van der Waals surface area contributed by atoms with Crippen molar-refractivity contribution in [2.24, 2.45) is 18.9 Å². The van der Waals surface area contributed by atoms with Gasteiger partial charge in [-0.15, -0.1) is 0 Å². The molecule has 1 aromatic rings. The number of anilines is 1. The molecule has 3 heteroatoms. The molecule has 2 N–H and O–H groups in total. The van der Waals surface area contributed by atoms with Crippen LogP contribution in [-0.4, -0.2) is 9.78 Å². The summed E-state index contributed by atoms with van der Waals surface area (Å²) in [5.74, 6) is 3.38. The fourth-order valence-corrected chi connectivity index (χ4v) is 2.72. The highest BCUT2D eigenvalue weighted by Gasteiger charge is 2.44. The van der Waals surface area contributed by atoms with Crippen LogP contribution in [-0.2, 0) is 7.05 Å². The summed E-state index contributed by atoms with van der Waals surface area (Å²) >= 11 is 0. The quantitative estimate of drug-likeness (QED) is 0.822. The molecule has 2 saturated carbocycles. The van der Waals surface area contributed by atoms with Crippen LogP contribution in [0.5, 0.6) is 0 Å². The van der Waals surface area contributed by atoms with Gasteiger partial charge in [-0.1, -0.05) is 0 Å². The van der Waals surface area contributed by atoms with Crippen molar-refractivity contribution in [2.45, 2.75) is 38.5 Å². The van der Waals surface area contributed by atoms with Crippen molar-refractivity contribution in [3.05, 3.63) is 11.3 Å². The van der Waals surface area contributed by atoms with Crippen LogP contribution in [0.25, 0.3) is 0 Å². The van der Waals surface area contributed by atoms with Gasteiger partial charge >= 0.3 is 0 Å². The van der Waals surface area contributed by atoms with E-state index >= 15 is 0 Å². The third-order valence-corrected chi connectivity index (χ3v) is 3.95. The van der Waals surface area contributed by atoms with E-state index in [0.717, 1.165) is 17.7 Å². The Morgan fingerprint density at radius 1 is 1.27 bits per heavy atom. The van der Waals surface area contributed by atoms with Crippen LogP contribution in [0, 0.1) is 18.8 Å². The molecule has 15 heavy (non-hydrogen) atoms. The van der Waals surface area contributed by atoms with E-state index < -0.39 is 0 Å². The van der Waals surface area contributed by atoms with Gasteiger partial charge in [-0.25, -0.2) is 0 Å². The molecule has 0 aliphatic heterocycles. The van der Waals surface area contributed by atoms with Crippen molar-refractivity contribution in [2.75, 3.05) is 5.73 Å². The van der Waals surface area contributed by atoms with Gasteiger partial charge in [0.25, 0.3) is 0 Å². The minimum absolute atomic E-state index is 0.716. The van der Waals surface area contributed by atoms with Gasteiger partial charge in [0.1, 0.15) is 5.82 Å². The topological polar surface area (TPSA) is 43.8 Å². The monoisotopic (exact) mass is 205 g/mol. The van der Waals surface area contributed by atoms with Gasteiger partial charge in [0.2, 0.25) is 0 Å². The Morgan fingerprint density at radius 3 is 2.13 bits per heavy atom.